The third kappa shape index (κ3) is 2.97. The maximum atomic E-state index is 13.2. The van der Waals surface area contributed by atoms with Crippen molar-refractivity contribution in [2.75, 3.05) is 13.2 Å². The zero-order valence-corrected chi connectivity index (χ0v) is 16.3. The fraction of sp³-hybridized carbons (Fsp3) is 0.227. The molecule has 5 rings (SSSR count). The van der Waals surface area contributed by atoms with E-state index in [2.05, 4.69) is 10.3 Å². The highest BCUT2D eigenvalue weighted by atomic mass is 16.6. The van der Waals surface area contributed by atoms with Gasteiger partial charge in [0.2, 0.25) is 5.89 Å². The Balaban J connectivity index is 1.39. The van der Waals surface area contributed by atoms with Gasteiger partial charge in [-0.25, -0.2) is 9.78 Å². The van der Waals surface area contributed by atoms with Crippen molar-refractivity contribution >= 4 is 11.9 Å². The number of amides is 3. The number of carbonyl (C=O) groups excluding carboxylic acids is 2. The predicted octanol–water partition coefficient (Wildman–Crippen LogP) is 3.08. The summed E-state index contributed by atoms with van der Waals surface area (Å²) in [6.07, 6.45) is 1.59. The molecule has 2 aromatic carbocycles. The van der Waals surface area contributed by atoms with Gasteiger partial charge in [-0.2, -0.15) is 0 Å². The number of benzene rings is 2. The number of oxazole rings is 1. The Morgan fingerprint density at radius 2 is 1.83 bits per heavy atom. The molecule has 0 bridgehead atoms. The van der Waals surface area contributed by atoms with Gasteiger partial charge in [-0.05, 0) is 24.6 Å². The zero-order valence-electron chi connectivity index (χ0n) is 16.3. The van der Waals surface area contributed by atoms with Crippen molar-refractivity contribution < 1.29 is 23.5 Å². The number of fused-ring (bicyclic) bond motifs is 1. The first-order valence-corrected chi connectivity index (χ1v) is 9.59. The summed E-state index contributed by atoms with van der Waals surface area (Å²) in [6, 6.07) is 14.2. The lowest BCUT2D eigenvalue weighted by atomic mass is 9.91. The molecule has 1 saturated heterocycles. The third-order valence-electron chi connectivity index (χ3n) is 5.30. The summed E-state index contributed by atoms with van der Waals surface area (Å²) >= 11 is 0. The Morgan fingerprint density at radius 1 is 1.07 bits per heavy atom. The van der Waals surface area contributed by atoms with Crippen LogP contribution >= 0.6 is 0 Å². The highest BCUT2D eigenvalue weighted by Gasteiger charge is 2.49. The molecule has 152 valence electrons. The minimum absolute atomic E-state index is 0.0579. The van der Waals surface area contributed by atoms with Gasteiger partial charge in [-0.15, -0.1) is 0 Å². The van der Waals surface area contributed by atoms with Crippen molar-refractivity contribution in [3.8, 4) is 22.8 Å². The first kappa shape index (κ1) is 18.2. The van der Waals surface area contributed by atoms with Crippen molar-refractivity contribution in [2.45, 2.75) is 19.0 Å². The first-order valence-electron chi connectivity index (χ1n) is 9.59. The number of rotatable bonds is 4. The molecule has 2 aliphatic heterocycles. The summed E-state index contributed by atoms with van der Waals surface area (Å²) in [4.78, 5) is 31.1. The molecule has 0 aliphatic carbocycles. The van der Waals surface area contributed by atoms with E-state index >= 15 is 0 Å². The fourth-order valence-electron chi connectivity index (χ4n) is 3.65. The average Bonchev–Trinajstić information content (AvgIpc) is 3.33. The molecule has 1 fully saturated rings. The monoisotopic (exact) mass is 405 g/mol. The average molecular weight is 405 g/mol. The first-order chi connectivity index (χ1) is 14.5. The summed E-state index contributed by atoms with van der Waals surface area (Å²) in [7, 11) is 0. The standard InChI is InChI=1S/C22H19N3O5/c1-22(15-7-8-16-17(11-15)29-10-9-28-16)20(26)25(21(27)24-22)13-19-23-12-18(30-19)14-5-3-2-4-6-14/h2-8,11-12H,9-10,13H2,1H3,(H,24,27)/t22-/m0/s1. The normalized spacial score (nSPS) is 20.4. The molecule has 2 aliphatic rings. The van der Waals surface area contributed by atoms with E-state index < -0.39 is 11.6 Å². The molecule has 0 unspecified atom stereocenters. The molecule has 8 nitrogen and oxygen atoms in total. The fourth-order valence-corrected chi connectivity index (χ4v) is 3.65. The number of hydrogen-bond donors (Lipinski definition) is 1. The molecule has 3 amide bonds. The second kappa shape index (κ2) is 6.91. The molecular formula is C22H19N3O5. The highest BCUT2D eigenvalue weighted by molar-refractivity contribution is 6.07. The van der Waals surface area contributed by atoms with Crippen LogP contribution in [0.4, 0.5) is 4.79 Å². The van der Waals surface area contributed by atoms with Crippen molar-refractivity contribution in [1.82, 2.24) is 15.2 Å². The van der Waals surface area contributed by atoms with Gasteiger partial charge >= 0.3 is 6.03 Å². The maximum Gasteiger partial charge on any atom is 0.325 e. The van der Waals surface area contributed by atoms with Crippen LogP contribution in [0.25, 0.3) is 11.3 Å². The smallest absolute Gasteiger partial charge is 0.325 e. The number of imide groups is 1. The third-order valence-corrected chi connectivity index (χ3v) is 5.30. The van der Waals surface area contributed by atoms with Crippen LogP contribution in [-0.2, 0) is 16.9 Å². The summed E-state index contributed by atoms with van der Waals surface area (Å²) in [5, 5.41) is 2.78. The van der Waals surface area contributed by atoms with Crippen molar-refractivity contribution in [3.05, 3.63) is 66.2 Å². The van der Waals surface area contributed by atoms with Gasteiger partial charge in [0.15, 0.2) is 17.3 Å². The number of nitrogens with one attached hydrogen (secondary N) is 1. The quantitative estimate of drug-likeness (QED) is 0.671. The van der Waals surface area contributed by atoms with Crippen LogP contribution in [0.3, 0.4) is 0 Å². The molecule has 3 heterocycles. The van der Waals surface area contributed by atoms with E-state index in [1.165, 1.54) is 0 Å². The van der Waals surface area contributed by atoms with Gasteiger partial charge in [0.05, 0.1) is 6.20 Å². The van der Waals surface area contributed by atoms with Crippen molar-refractivity contribution in [2.24, 2.45) is 0 Å². The number of urea groups is 1. The summed E-state index contributed by atoms with van der Waals surface area (Å²) in [6.45, 7) is 2.53. The number of carbonyl (C=O) groups is 2. The summed E-state index contributed by atoms with van der Waals surface area (Å²) in [5.74, 6) is 1.65. The van der Waals surface area contributed by atoms with Crippen molar-refractivity contribution in [1.29, 1.82) is 0 Å². The largest absolute Gasteiger partial charge is 0.486 e. The van der Waals surface area contributed by atoms with Gasteiger partial charge in [0.25, 0.3) is 5.91 Å². The second-order valence-electron chi connectivity index (χ2n) is 7.29. The Bertz CT molecular complexity index is 1130. The van der Waals surface area contributed by atoms with Crippen LogP contribution in [0, 0.1) is 0 Å². The predicted molar refractivity (Wildman–Crippen MR) is 106 cm³/mol. The minimum atomic E-state index is -1.22. The lowest BCUT2D eigenvalue weighted by molar-refractivity contribution is -0.131. The van der Waals surface area contributed by atoms with Gasteiger partial charge in [0.1, 0.15) is 25.3 Å². The molecule has 3 aromatic rings. The Hall–Kier alpha value is -3.81. The SMILES string of the molecule is C[C@@]1(c2ccc3c(c2)OCCO3)NC(=O)N(Cc2ncc(-c3ccccc3)o2)C1=O. The molecule has 0 saturated carbocycles. The molecule has 1 atom stereocenters. The molecule has 1 N–H and O–H groups in total. The van der Waals surface area contributed by atoms with E-state index in [0.29, 0.717) is 36.0 Å². The van der Waals surface area contributed by atoms with Gasteiger partial charge in [-0.1, -0.05) is 36.4 Å². The lowest BCUT2D eigenvalue weighted by Gasteiger charge is -2.25. The summed E-state index contributed by atoms with van der Waals surface area (Å²) in [5.41, 5.74) is 0.265. The lowest BCUT2D eigenvalue weighted by Crippen LogP contribution is -2.41. The van der Waals surface area contributed by atoms with Crippen LogP contribution in [0.2, 0.25) is 0 Å². The number of aromatic nitrogens is 1. The number of ether oxygens (including phenoxy) is 2. The number of hydrogen-bond acceptors (Lipinski definition) is 6. The van der Waals surface area contributed by atoms with Crippen LogP contribution in [0.1, 0.15) is 18.4 Å². The molecule has 0 spiro atoms. The van der Waals surface area contributed by atoms with E-state index in [1.807, 2.05) is 30.3 Å². The number of nitrogens with zero attached hydrogens (tertiary/aromatic N) is 2. The van der Waals surface area contributed by atoms with Gasteiger partial charge in [-0.3, -0.25) is 9.69 Å². The van der Waals surface area contributed by atoms with Crippen LogP contribution < -0.4 is 14.8 Å². The summed E-state index contributed by atoms with van der Waals surface area (Å²) < 4.78 is 16.9. The van der Waals surface area contributed by atoms with E-state index in [4.69, 9.17) is 13.9 Å². The van der Waals surface area contributed by atoms with E-state index in [9.17, 15) is 9.59 Å². The van der Waals surface area contributed by atoms with Gasteiger partial charge < -0.3 is 19.2 Å². The van der Waals surface area contributed by atoms with E-state index in [0.717, 1.165) is 10.5 Å². The van der Waals surface area contributed by atoms with E-state index in [1.54, 1.807) is 31.3 Å². The van der Waals surface area contributed by atoms with E-state index in [-0.39, 0.29) is 18.3 Å². The Labute approximate surface area is 172 Å². The molecule has 1 aromatic heterocycles. The maximum absolute atomic E-state index is 13.2. The zero-order chi connectivity index (χ0) is 20.7. The molecular weight excluding hydrogens is 386 g/mol. The topological polar surface area (TPSA) is 93.9 Å². The van der Waals surface area contributed by atoms with Crippen molar-refractivity contribution in [3.63, 3.8) is 0 Å². The minimum Gasteiger partial charge on any atom is -0.486 e. The van der Waals surface area contributed by atoms with Gasteiger partial charge in [0, 0.05) is 5.56 Å². The Morgan fingerprint density at radius 3 is 2.63 bits per heavy atom. The highest BCUT2D eigenvalue weighted by Crippen LogP contribution is 2.37. The van der Waals surface area contributed by atoms with Crippen LogP contribution in [0.5, 0.6) is 11.5 Å². The van der Waals surface area contributed by atoms with Crippen LogP contribution in [0.15, 0.2) is 59.1 Å². The molecule has 8 heteroatoms. The Kier molecular flexibility index (Phi) is 4.20. The molecule has 0 radical (unpaired) electrons. The molecule has 30 heavy (non-hydrogen) atoms. The second-order valence-corrected chi connectivity index (χ2v) is 7.29. The van der Waals surface area contributed by atoms with Crippen LogP contribution in [-0.4, -0.2) is 35.0 Å².